The summed E-state index contributed by atoms with van der Waals surface area (Å²) < 4.78 is 1.72. The Balaban J connectivity index is 1.52. The van der Waals surface area contributed by atoms with Gasteiger partial charge in [0.2, 0.25) is 0 Å². The number of nitrogens with two attached hydrogens (primary N) is 1. The number of anilines is 1. The minimum Gasteiger partial charge on any atom is -0.395 e. The summed E-state index contributed by atoms with van der Waals surface area (Å²) in [4.78, 5) is 12.5. The summed E-state index contributed by atoms with van der Waals surface area (Å²) in [6, 6.07) is 0.397. The molecule has 3 aliphatic rings. The second kappa shape index (κ2) is 3.99. The van der Waals surface area contributed by atoms with E-state index in [1.807, 2.05) is 13.8 Å². The lowest BCUT2D eigenvalue weighted by Gasteiger charge is -2.11. The number of hydrogen-bond acceptors (Lipinski definition) is 3. The quantitative estimate of drug-likeness (QED) is 0.878. The van der Waals surface area contributed by atoms with Crippen LogP contribution in [-0.4, -0.2) is 21.7 Å². The summed E-state index contributed by atoms with van der Waals surface area (Å²) >= 11 is 0. The van der Waals surface area contributed by atoms with Crippen molar-refractivity contribution in [2.75, 3.05) is 5.73 Å². The average molecular weight is 274 g/mol. The van der Waals surface area contributed by atoms with Gasteiger partial charge in [0.05, 0.1) is 11.4 Å². The fraction of sp³-hybridized carbons (Fsp3) is 0.733. The molecule has 2 bridgehead atoms. The monoisotopic (exact) mass is 274 g/mol. The molecule has 3 N–H and O–H groups in total. The molecule has 1 heterocycles. The zero-order valence-electron chi connectivity index (χ0n) is 12.1. The topological polar surface area (TPSA) is 72.9 Å². The molecule has 5 heteroatoms. The number of hydrogen-bond donors (Lipinski definition) is 2. The number of nitrogens with one attached hydrogen (secondary N) is 1. The van der Waals surface area contributed by atoms with Gasteiger partial charge in [-0.15, -0.1) is 0 Å². The molecule has 108 valence electrons. The van der Waals surface area contributed by atoms with Crippen molar-refractivity contribution < 1.29 is 4.79 Å². The first-order valence-corrected chi connectivity index (χ1v) is 7.75. The standard InChI is InChI=1S/C15H22N4O/c1-3-19-14(12(16)7(2)18-19)15(20)17-13-10-8-4-5-9(6-8)11(10)13/h8-11,13H,3-6,16H2,1-2H3,(H,17,20). The second-order valence-electron chi connectivity index (χ2n) is 6.65. The van der Waals surface area contributed by atoms with E-state index in [4.69, 9.17) is 5.73 Å². The predicted octanol–water partition coefficient (Wildman–Crippen LogP) is 1.57. The van der Waals surface area contributed by atoms with E-state index in [0.717, 1.165) is 29.4 Å². The maximum atomic E-state index is 12.5. The number of nitrogen functional groups attached to an aromatic ring is 1. The number of carbonyl (C=O) groups is 1. The summed E-state index contributed by atoms with van der Waals surface area (Å²) in [5.74, 6) is 3.19. The SMILES string of the molecule is CCn1nc(C)c(N)c1C(=O)NC1C2C3CCC(C3)C12. The molecule has 20 heavy (non-hydrogen) atoms. The van der Waals surface area contributed by atoms with E-state index in [9.17, 15) is 4.79 Å². The maximum absolute atomic E-state index is 12.5. The summed E-state index contributed by atoms with van der Waals surface area (Å²) in [7, 11) is 0. The Labute approximate surface area is 118 Å². The normalized spacial score (nSPS) is 37.0. The van der Waals surface area contributed by atoms with Gasteiger partial charge >= 0.3 is 0 Å². The van der Waals surface area contributed by atoms with Gasteiger partial charge in [0.1, 0.15) is 5.69 Å². The van der Waals surface area contributed by atoms with Gasteiger partial charge in [-0.1, -0.05) is 0 Å². The zero-order valence-corrected chi connectivity index (χ0v) is 12.1. The molecule has 5 nitrogen and oxygen atoms in total. The molecular formula is C15H22N4O. The van der Waals surface area contributed by atoms with Crippen LogP contribution in [0.3, 0.4) is 0 Å². The molecule has 1 aromatic rings. The van der Waals surface area contributed by atoms with E-state index in [1.54, 1.807) is 4.68 Å². The van der Waals surface area contributed by atoms with Gasteiger partial charge in [0.25, 0.3) is 5.91 Å². The average Bonchev–Trinajstić information content (AvgIpc) is 2.79. The van der Waals surface area contributed by atoms with Gasteiger partial charge in [-0.3, -0.25) is 9.48 Å². The predicted molar refractivity (Wildman–Crippen MR) is 76.1 cm³/mol. The fourth-order valence-corrected chi connectivity index (χ4v) is 4.80. The molecule has 4 unspecified atom stereocenters. The first-order valence-electron chi connectivity index (χ1n) is 7.75. The van der Waals surface area contributed by atoms with Crippen LogP contribution in [0.2, 0.25) is 0 Å². The van der Waals surface area contributed by atoms with Crippen molar-refractivity contribution in [2.24, 2.45) is 23.7 Å². The molecule has 0 spiro atoms. The van der Waals surface area contributed by atoms with Crippen molar-refractivity contribution in [2.45, 2.75) is 45.7 Å². The fourth-order valence-electron chi connectivity index (χ4n) is 4.80. The third-order valence-electron chi connectivity index (χ3n) is 5.72. The number of amides is 1. The van der Waals surface area contributed by atoms with Crippen molar-refractivity contribution in [1.29, 1.82) is 0 Å². The van der Waals surface area contributed by atoms with Gasteiger partial charge < -0.3 is 11.1 Å². The van der Waals surface area contributed by atoms with E-state index < -0.39 is 0 Å². The van der Waals surface area contributed by atoms with E-state index in [-0.39, 0.29) is 5.91 Å². The van der Waals surface area contributed by atoms with Crippen LogP contribution in [0.25, 0.3) is 0 Å². The minimum absolute atomic E-state index is 0.0382. The van der Waals surface area contributed by atoms with Crippen molar-refractivity contribution >= 4 is 11.6 Å². The third kappa shape index (κ3) is 1.49. The highest BCUT2D eigenvalue weighted by Gasteiger charge is 2.65. The Kier molecular flexibility index (Phi) is 2.44. The van der Waals surface area contributed by atoms with Crippen LogP contribution in [0, 0.1) is 30.6 Å². The largest absolute Gasteiger partial charge is 0.395 e. The molecule has 1 aromatic heterocycles. The van der Waals surface area contributed by atoms with E-state index in [0.29, 0.717) is 24.0 Å². The highest BCUT2D eigenvalue weighted by molar-refractivity contribution is 5.98. The Morgan fingerprint density at radius 2 is 2.05 bits per heavy atom. The number of aromatic nitrogens is 2. The number of rotatable bonds is 3. The van der Waals surface area contributed by atoms with Crippen molar-refractivity contribution in [3.63, 3.8) is 0 Å². The summed E-state index contributed by atoms with van der Waals surface area (Å²) in [5.41, 5.74) is 7.83. The van der Waals surface area contributed by atoms with Crippen LogP contribution in [0.1, 0.15) is 42.4 Å². The van der Waals surface area contributed by atoms with E-state index in [1.165, 1.54) is 19.3 Å². The Hall–Kier alpha value is -1.52. The molecule has 0 saturated heterocycles. The third-order valence-corrected chi connectivity index (χ3v) is 5.72. The van der Waals surface area contributed by atoms with Gasteiger partial charge in [0, 0.05) is 12.6 Å². The van der Waals surface area contributed by atoms with E-state index >= 15 is 0 Å². The number of carbonyl (C=O) groups excluding carboxylic acids is 1. The van der Waals surface area contributed by atoms with Crippen molar-refractivity contribution in [3.05, 3.63) is 11.4 Å². The number of fused-ring (bicyclic) bond motifs is 5. The molecular weight excluding hydrogens is 252 g/mol. The lowest BCUT2D eigenvalue weighted by atomic mass is 10.0. The van der Waals surface area contributed by atoms with Crippen LogP contribution in [0.15, 0.2) is 0 Å². The lowest BCUT2D eigenvalue weighted by Crippen LogP contribution is -2.32. The van der Waals surface area contributed by atoms with Crippen LogP contribution >= 0.6 is 0 Å². The van der Waals surface area contributed by atoms with E-state index in [2.05, 4.69) is 10.4 Å². The molecule has 0 aliphatic heterocycles. The van der Waals surface area contributed by atoms with Crippen molar-refractivity contribution in [1.82, 2.24) is 15.1 Å². The molecule has 3 aliphatic carbocycles. The summed E-state index contributed by atoms with van der Waals surface area (Å²) in [6.45, 7) is 4.50. The molecule has 3 fully saturated rings. The maximum Gasteiger partial charge on any atom is 0.271 e. The van der Waals surface area contributed by atoms with Crippen LogP contribution in [0.5, 0.6) is 0 Å². The van der Waals surface area contributed by atoms with Crippen LogP contribution in [-0.2, 0) is 6.54 Å². The van der Waals surface area contributed by atoms with Gasteiger partial charge in [-0.05, 0) is 56.8 Å². The first-order chi connectivity index (χ1) is 9.61. The molecule has 4 rings (SSSR count). The molecule has 0 aromatic carbocycles. The Morgan fingerprint density at radius 3 is 2.65 bits per heavy atom. The minimum atomic E-state index is -0.0382. The Bertz CT molecular complexity index is 563. The first kappa shape index (κ1) is 12.2. The number of nitrogens with zero attached hydrogens (tertiary/aromatic N) is 2. The van der Waals surface area contributed by atoms with Crippen LogP contribution in [0.4, 0.5) is 5.69 Å². The lowest BCUT2D eigenvalue weighted by molar-refractivity contribution is 0.0934. The van der Waals surface area contributed by atoms with Gasteiger partial charge in [-0.25, -0.2) is 0 Å². The molecule has 0 radical (unpaired) electrons. The zero-order chi connectivity index (χ0) is 14.0. The molecule has 3 saturated carbocycles. The molecule has 1 amide bonds. The highest BCUT2D eigenvalue weighted by atomic mass is 16.2. The second-order valence-corrected chi connectivity index (χ2v) is 6.65. The van der Waals surface area contributed by atoms with Crippen molar-refractivity contribution in [3.8, 4) is 0 Å². The summed E-state index contributed by atoms with van der Waals surface area (Å²) in [5, 5.41) is 7.54. The Morgan fingerprint density at radius 1 is 1.40 bits per heavy atom. The van der Waals surface area contributed by atoms with Crippen LogP contribution < -0.4 is 11.1 Å². The summed E-state index contributed by atoms with van der Waals surface area (Å²) in [6.07, 6.45) is 4.13. The van der Waals surface area contributed by atoms with Gasteiger partial charge in [0.15, 0.2) is 0 Å². The smallest absolute Gasteiger partial charge is 0.271 e. The number of aryl methyl sites for hydroxylation is 2. The molecule has 4 atom stereocenters. The highest BCUT2D eigenvalue weighted by Crippen LogP contribution is 2.65. The van der Waals surface area contributed by atoms with Gasteiger partial charge in [-0.2, -0.15) is 5.10 Å².